The second-order valence-corrected chi connectivity index (χ2v) is 20.0. The molecule has 0 aromatic rings. The third-order valence-corrected chi connectivity index (χ3v) is 13.5. The van der Waals surface area contributed by atoms with Crippen LogP contribution in [0.2, 0.25) is 0 Å². The van der Waals surface area contributed by atoms with Crippen molar-refractivity contribution in [1.29, 1.82) is 0 Å². The zero-order valence-electron chi connectivity index (χ0n) is 41.7. The first-order chi connectivity index (χ1) is 30.9. The number of hydrogen-bond donors (Lipinski definition) is 6. The van der Waals surface area contributed by atoms with Crippen LogP contribution in [0.15, 0.2) is 0 Å². The number of ether oxygens (including phenoxy) is 2. The topological polar surface area (TPSA) is 215 Å². The number of amides is 1. The van der Waals surface area contributed by atoms with Gasteiger partial charge in [0, 0.05) is 6.42 Å². The fourth-order valence-corrected chi connectivity index (χ4v) is 9.35. The molecule has 1 saturated heterocycles. The Morgan fingerprint density at radius 2 is 0.954 bits per heavy atom. The van der Waals surface area contributed by atoms with Crippen molar-refractivity contribution in [2.24, 2.45) is 0 Å². The molecule has 0 radical (unpaired) electrons. The van der Waals surface area contributed by atoms with Gasteiger partial charge in [0.1, 0.15) is 30.5 Å². The van der Waals surface area contributed by atoms with Gasteiger partial charge in [-0.05, 0) is 12.8 Å². The second kappa shape index (κ2) is 44.0. The Balaban J connectivity index is 0.0000410. The van der Waals surface area contributed by atoms with Crippen LogP contribution in [0.5, 0.6) is 0 Å². The zero-order chi connectivity index (χ0) is 47.1. The fraction of sp³-hybridized carbons (Fsp3) is 0.980. The van der Waals surface area contributed by atoms with Crippen molar-refractivity contribution in [3.05, 3.63) is 0 Å². The first-order valence-electron chi connectivity index (χ1n) is 26.5. The predicted octanol–water partition coefficient (Wildman–Crippen LogP) is 6.97. The smallest absolute Gasteiger partial charge is 0.726 e. The molecule has 0 spiro atoms. The van der Waals surface area contributed by atoms with E-state index in [1.54, 1.807) is 0 Å². The van der Waals surface area contributed by atoms with E-state index < -0.39 is 72.6 Å². The molecule has 0 aromatic heterocycles. The minimum Gasteiger partial charge on any atom is -0.726 e. The van der Waals surface area contributed by atoms with E-state index in [1.165, 1.54) is 173 Å². The Morgan fingerprint density at radius 1 is 0.600 bits per heavy atom. The summed E-state index contributed by atoms with van der Waals surface area (Å²) in [5.41, 5.74) is 0. The molecule has 1 amide bonds. The maximum Gasteiger partial charge on any atom is 1.00 e. The second-order valence-electron chi connectivity index (χ2n) is 18.9. The van der Waals surface area contributed by atoms with Crippen molar-refractivity contribution in [1.82, 2.24) is 5.32 Å². The van der Waals surface area contributed by atoms with E-state index >= 15 is 0 Å². The van der Waals surface area contributed by atoms with Gasteiger partial charge in [0.05, 0.1) is 25.4 Å². The van der Waals surface area contributed by atoms with Crippen molar-refractivity contribution in [3.63, 3.8) is 0 Å². The van der Waals surface area contributed by atoms with Crippen molar-refractivity contribution < 1.29 is 86.5 Å². The largest absolute Gasteiger partial charge is 1.00 e. The van der Waals surface area contributed by atoms with E-state index in [-0.39, 0.29) is 41.9 Å². The molecule has 0 aromatic carbocycles. The summed E-state index contributed by atoms with van der Waals surface area (Å²) < 4.78 is 49.4. The van der Waals surface area contributed by atoms with Gasteiger partial charge in [0.2, 0.25) is 16.3 Å². The summed E-state index contributed by atoms with van der Waals surface area (Å²) in [4.78, 5) is 13.1. The van der Waals surface area contributed by atoms with Crippen molar-refractivity contribution in [2.75, 3.05) is 13.2 Å². The van der Waals surface area contributed by atoms with E-state index in [1.807, 2.05) is 0 Å². The molecule has 1 fully saturated rings. The number of hydrogen-bond acceptors (Lipinski definition) is 12. The Kier molecular flexibility index (Phi) is 44.1. The molecule has 0 saturated carbocycles. The number of aliphatic hydroxyl groups is 5. The number of rotatable bonds is 46. The van der Waals surface area contributed by atoms with Gasteiger partial charge >= 0.3 is 29.6 Å². The molecule has 1 heterocycles. The van der Waals surface area contributed by atoms with E-state index in [9.17, 15) is 43.3 Å². The van der Waals surface area contributed by atoms with Crippen LogP contribution in [0, 0.1) is 0 Å². The molecule has 0 bridgehead atoms. The summed E-state index contributed by atoms with van der Waals surface area (Å²) in [5, 5.41) is 55.7. The van der Waals surface area contributed by atoms with Crippen LogP contribution in [-0.2, 0) is 28.9 Å². The van der Waals surface area contributed by atoms with Gasteiger partial charge in [-0.15, -0.1) is 0 Å². The van der Waals surface area contributed by atoms with Crippen molar-refractivity contribution in [3.8, 4) is 0 Å². The van der Waals surface area contributed by atoms with Crippen LogP contribution in [0.3, 0.4) is 0 Å². The van der Waals surface area contributed by atoms with Crippen molar-refractivity contribution >= 4 is 16.3 Å². The normalized spacial score (nSPS) is 20.3. The number of carbonyl (C=O) groups excluding carboxylic acids is 1. The number of carbonyl (C=O) groups is 1. The van der Waals surface area contributed by atoms with E-state index in [0.717, 1.165) is 38.5 Å². The fourth-order valence-electron chi connectivity index (χ4n) is 8.85. The molecule has 1 aliphatic heterocycles. The summed E-state index contributed by atoms with van der Waals surface area (Å²) in [6.07, 6.45) is 32.2. The molecule has 65 heavy (non-hydrogen) atoms. The average molecular weight is 960 g/mol. The molecule has 382 valence electrons. The Hall–Kier alpha value is 0.0600. The van der Waals surface area contributed by atoms with Crippen LogP contribution in [0.4, 0.5) is 0 Å². The third kappa shape index (κ3) is 35.8. The summed E-state index contributed by atoms with van der Waals surface area (Å²) >= 11 is 0. The van der Waals surface area contributed by atoms with Crippen LogP contribution >= 0.6 is 0 Å². The minimum absolute atomic E-state index is 0. The summed E-state index contributed by atoms with van der Waals surface area (Å²) in [6.45, 7) is 3.21. The minimum atomic E-state index is -5.36. The SMILES string of the molecule is CCCCCCCCCCCCCCCCCCCCCCCCCC(=O)N[C@@H](CO[C@@H]1O[C@H](CO)[C@H](O)[C@H](OS(=O)(=O)[O-])[C@H]1O)[C@H](O)[C@H](O)CCCCCCCCCCCCCC.[Na+]. The van der Waals surface area contributed by atoms with Gasteiger partial charge in [0.15, 0.2) is 6.29 Å². The first kappa shape index (κ1) is 65.1. The monoisotopic (exact) mass is 960 g/mol. The van der Waals surface area contributed by atoms with Crippen LogP contribution in [0.1, 0.15) is 251 Å². The molecule has 13 nitrogen and oxygen atoms in total. The summed E-state index contributed by atoms with van der Waals surface area (Å²) in [7, 11) is -5.36. The van der Waals surface area contributed by atoms with Gasteiger partial charge in [0.25, 0.3) is 0 Å². The van der Waals surface area contributed by atoms with E-state index in [0.29, 0.717) is 19.3 Å². The molecular formula is C50H98NNaO12S. The third-order valence-electron chi connectivity index (χ3n) is 13.0. The van der Waals surface area contributed by atoms with Gasteiger partial charge in [-0.3, -0.25) is 8.98 Å². The molecule has 0 unspecified atom stereocenters. The van der Waals surface area contributed by atoms with Gasteiger partial charge in [-0.1, -0.05) is 232 Å². The van der Waals surface area contributed by atoms with Gasteiger partial charge < -0.3 is 44.9 Å². The molecule has 0 aliphatic carbocycles. The van der Waals surface area contributed by atoms with E-state index in [2.05, 4.69) is 23.3 Å². The number of aliphatic hydroxyl groups excluding tert-OH is 5. The Morgan fingerprint density at radius 3 is 1.31 bits per heavy atom. The molecule has 15 heteroatoms. The molecular weight excluding hydrogens is 862 g/mol. The summed E-state index contributed by atoms with van der Waals surface area (Å²) in [6, 6.07) is -1.14. The Labute approximate surface area is 419 Å². The maximum absolute atomic E-state index is 13.1. The molecule has 8 atom stereocenters. The van der Waals surface area contributed by atoms with E-state index in [4.69, 9.17) is 9.47 Å². The Bertz CT molecular complexity index is 1170. The van der Waals surface area contributed by atoms with Crippen LogP contribution in [0.25, 0.3) is 0 Å². The standard InChI is InChI=1S/C50H99NO12S.Na/c1-3-5-7-9-11-13-15-17-18-19-20-21-22-23-24-25-26-27-29-31-33-35-37-39-45(54)51-42(41-61-50-48(57)49(63-64(58,59)60)47(56)44(40-52)62-50)46(55)43(53)38-36-34-32-30-28-16-14-12-10-8-6-4-2;/h42-44,46-50,52-53,55-57H,3-41H2,1-2H3,(H,51,54)(H,58,59,60);/q;+1/p-1/t42-,43+,44+,46-,47-,48+,49-,50+;/m0./s1. The van der Waals surface area contributed by atoms with Crippen LogP contribution in [-0.4, -0.2) is 107 Å². The predicted molar refractivity (Wildman–Crippen MR) is 254 cm³/mol. The quantitative estimate of drug-likeness (QED) is 0.0158. The average Bonchev–Trinajstić information content (AvgIpc) is 3.27. The first-order valence-corrected chi connectivity index (χ1v) is 27.8. The number of unbranched alkanes of at least 4 members (excludes halogenated alkanes) is 33. The molecule has 1 rings (SSSR count). The molecule has 1 aliphatic rings. The van der Waals surface area contributed by atoms with Gasteiger partial charge in [-0.25, -0.2) is 8.42 Å². The van der Waals surface area contributed by atoms with Crippen LogP contribution < -0.4 is 34.9 Å². The summed E-state index contributed by atoms with van der Waals surface area (Å²) in [5.74, 6) is -0.346. The van der Waals surface area contributed by atoms with Gasteiger partial charge in [-0.2, -0.15) is 0 Å². The maximum atomic E-state index is 13.1. The molecule has 6 N–H and O–H groups in total. The van der Waals surface area contributed by atoms with Crippen molar-refractivity contribution in [2.45, 2.75) is 300 Å². The zero-order valence-corrected chi connectivity index (χ0v) is 44.5. The number of nitrogens with one attached hydrogen (secondary N) is 1.